The van der Waals surface area contributed by atoms with Gasteiger partial charge < -0.3 is 0 Å². The number of unbranched alkanes of at least 4 members (excludes halogenated alkanes) is 3. The molecule has 3 radical (unpaired) electrons. The summed E-state index contributed by atoms with van der Waals surface area (Å²) in [6.07, 6.45) is 8.39. The lowest BCUT2D eigenvalue weighted by Gasteiger charge is -1.93. The zero-order chi connectivity index (χ0) is 11.1. The quantitative estimate of drug-likeness (QED) is 0.255. The molecule has 0 aliphatic heterocycles. The van der Waals surface area contributed by atoms with Crippen LogP contribution in [0.5, 0.6) is 0 Å². The fourth-order valence-electron chi connectivity index (χ4n) is 1.05. The second-order valence-electron chi connectivity index (χ2n) is 3.72. The zero-order valence-electron chi connectivity index (χ0n) is 11.7. The second kappa shape index (κ2) is 36.2. The van der Waals surface area contributed by atoms with Gasteiger partial charge >= 0.3 is 0 Å². The lowest BCUT2D eigenvalue weighted by molar-refractivity contribution is 0.851. The fourth-order valence-corrected chi connectivity index (χ4v) is 3.14. The maximum atomic E-state index is 2.70. The lowest BCUT2D eigenvalue weighted by atomic mass is 10.4. The van der Waals surface area contributed by atoms with Crippen LogP contribution in [0.1, 0.15) is 59.3 Å². The molecule has 5 heteroatoms. The zero-order valence-corrected chi connectivity index (χ0v) is 18.0. The average Bonchev–Trinajstić information content (AvgIpc) is 2.20. The predicted octanol–water partition coefficient (Wildman–Crippen LogP) is 5.96. The van der Waals surface area contributed by atoms with Gasteiger partial charge in [0.1, 0.15) is 16.3 Å². The van der Waals surface area contributed by atoms with Gasteiger partial charge in [0, 0.05) is 0 Å². The Hall–Kier alpha value is 2.37. The van der Waals surface area contributed by atoms with E-state index in [1.807, 2.05) is 0 Å². The molecule has 0 nitrogen and oxygen atoms in total. The highest BCUT2D eigenvalue weighted by molar-refractivity contribution is 14.0. The molecule has 0 atom stereocenters. The van der Waals surface area contributed by atoms with E-state index in [-0.39, 0.29) is 48.8 Å². The standard InChI is InChI=1S/3C4H9.2Al.2ClH.HI/c3*1-3-4-2;;;;;/h3*1,3-4H2,2H3;;;3*1H. The van der Waals surface area contributed by atoms with E-state index >= 15 is 0 Å². The molecule has 0 bridgehead atoms. The molecule has 0 fully saturated rings. The molecule has 0 rings (SSSR count). The van der Waals surface area contributed by atoms with Crippen LogP contribution in [-0.4, -0.2) is 31.5 Å². The van der Waals surface area contributed by atoms with Gasteiger partial charge in [0.2, 0.25) is 0 Å². The SMILES string of the molecule is CCC[CH2][Al].CCC[CH2][Al][CH2]CCC.Cl.Cl.I. The van der Waals surface area contributed by atoms with Gasteiger partial charge in [0.05, 0.1) is 0 Å². The molecule has 17 heavy (non-hydrogen) atoms. The van der Waals surface area contributed by atoms with Crippen molar-refractivity contribution < 1.29 is 0 Å². The highest BCUT2D eigenvalue weighted by Gasteiger charge is 1.89. The van der Waals surface area contributed by atoms with Crippen molar-refractivity contribution in [2.75, 3.05) is 0 Å². The van der Waals surface area contributed by atoms with Crippen LogP contribution in [0.2, 0.25) is 15.8 Å². The van der Waals surface area contributed by atoms with Crippen molar-refractivity contribution in [2.45, 2.75) is 75.1 Å². The van der Waals surface area contributed by atoms with Crippen LogP contribution in [0.25, 0.3) is 0 Å². The molecule has 0 unspecified atom stereocenters. The first-order valence-corrected chi connectivity index (χ1v) is 8.80. The van der Waals surface area contributed by atoms with E-state index in [1.54, 1.807) is 0 Å². The summed E-state index contributed by atoms with van der Waals surface area (Å²) in [7, 11) is 0. The molecule has 0 saturated heterocycles. The Balaban J connectivity index is -0.0000000533. The Kier molecular flexibility index (Phi) is 67.5. The molecule has 0 aromatic carbocycles. The minimum absolute atomic E-state index is 0. The van der Waals surface area contributed by atoms with Gasteiger partial charge in [-0.05, 0) is 0 Å². The topological polar surface area (TPSA) is 0 Å². The minimum atomic E-state index is 0. The van der Waals surface area contributed by atoms with Crippen LogP contribution in [0.15, 0.2) is 0 Å². The molecule has 0 aliphatic rings. The normalized spacial score (nSPS) is 7.47. The van der Waals surface area contributed by atoms with Gasteiger partial charge in [0.15, 0.2) is 15.2 Å². The van der Waals surface area contributed by atoms with Crippen molar-refractivity contribution in [2.24, 2.45) is 0 Å². The van der Waals surface area contributed by atoms with E-state index < -0.39 is 0 Å². The number of hydrogen-bond acceptors (Lipinski definition) is 0. The van der Waals surface area contributed by atoms with Crippen LogP contribution in [0.3, 0.4) is 0 Å². The maximum absolute atomic E-state index is 2.70. The first-order valence-electron chi connectivity index (χ1n) is 6.35. The van der Waals surface area contributed by atoms with E-state index in [0.717, 1.165) is 15.2 Å². The Morgan fingerprint density at radius 2 is 1.12 bits per heavy atom. The van der Waals surface area contributed by atoms with Gasteiger partial charge in [-0.2, -0.15) is 0 Å². The van der Waals surface area contributed by atoms with Gasteiger partial charge in [0.25, 0.3) is 0 Å². The molecule has 0 aromatic rings. The highest BCUT2D eigenvalue weighted by Crippen LogP contribution is 1.99. The van der Waals surface area contributed by atoms with E-state index in [1.165, 1.54) is 54.4 Å². The van der Waals surface area contributed by atoms with Crippen LogP contribution in [0, 0.1) is 0 Å². The summed E-state index contributed by atoms with van der Waals surface area (Å²) in [4.78, 5) is 0. The van der Waals surface area contributed by atoms with Gasteiger partial charge in [-0.3, -0.25) is 0 Å². The van der Waals surface area contributed by atoms with Gasteiger partial charge in [-0.15, -0.1) is 64.6 Å². The molecule has 105 valence electrons. The summed E-state index contributed by atoms with van der Waals surface area (Å²) in [5, 5.41) is 4.34. The Morgan fingerprint density at radius 1 is 0.765 bits per heavy atom. The van der Waals surface area contributed by atoms with Crippen molar-refractivity contribution in [1.82, 2.24) is 0 Å². The number of hydrogen-bond donors (Lipinski definition) is 0. The fraction of sp³-hybridized carbons (Fsp3) is 1.00. The maximum Gasteiger partial charge on any atom is 0.199 e. The monoisotopic (exact) mass is 425 g/mol. The smallest absolute Gasteiger partial charge is 0.147 e. The Bertz CT molecular complexity index is 80.9. The first-order chi connectivity index (χ1) is 6.83. The summed E-state index contributed by atoms with van der Waals surface area (Å²) < 4.78 is 0. The second-order valence-corrected chi connectivity index (χ2v) is 6.02. The Morgan fingerprint density at radius 3 is 1.29 bits per heavy atom. The van der Waals surface area contributed by atoms with E-state index in [0.29, 0.717) is 0 Å². The van der Waals surface area contributed by atoms with Crippen molar-refractivity contribution >= 4 is 80.3 Å². The van der Waals surface area contributed by atoms with E-state index in [2.05, 4.69) is 37.1 Å². The van der Waals surface area contributed by atoms with Crippen molar-refractivity contribution in [3.8, 4) is 0 Å². The van der Waals surface area contributed by atoms with E-state index in [9.17, 15) is 0 Å². The molecule has 0 N–H and O–H groups in total. The van der Waals surface area contributed by atoms with Crippen molar-refractivity contribution in [3.05, 3.63) is 0 Å². The minimum Gasteiger partial charge on any atom is -0.147 e. The third kappa shape index (κ3) is 45.8. The summed E-state index contributed by atoms with van der Waals surface area (Å²) >= 11 is 3.52. The Labute approximate surface area is 154 Å². The average molecular weight is 426 g/mol. The van der Waals surface area contributed by atoms with Crippen LogP contribution in [0.4, 0.5) is 0 Å². The molecule has 0 aliphatic carbocycles. The van der Waals surface area contributed by atoms with Crippen LogP contribution < -0.4 is 0 Å². The van der Waals surface area contributed by atoms with Crippen molar-refractivity contribution in [1.29, 1.82) is 0 Å². The molecular formula is C12H30Al2Cl2I. The van der Waals surface area contributed by atoms with Crippen molar-refractivity contribution in [3.63, 3.8) is 0 Å². The van der Waals surface area contributed by atoms with Gasteiger partial charge in [-0.1, -0.05) is 59.3 Å². The molecule has 0 heterocycles. The summed E-state index contributed by atoms with van der Waals surface area (Å²) in [5.74, 6) is 0. The number of halogens is 3. The summed E-state index contributed by atoms with van der Waals surface area (Å²) in [5.41, 5.74) is 0. The number of rotatable bonds is 8. The first kappa shape index (κ1) is 31.7. The summed E-state index contributed by atoms with van der Waals surface area (Å²) in [6, 6.07) is 0. The molecule has 0 amide bonds. The summed E-state index contributed by atoms with van der Waals surface area (Å²) in [6.45, 7) is 6.75. The predicted molar refractivity (Wildman–Crippen MR) is 101 cm³/mol. The molecule has 0 aromatic heterocycles. The van der Waals surface area contributed by atoms with Crippen LogP contribution in [-0.2, 0) is 0 Å². The lowest BCUT2D eigenvalue weighted by Crippen LogP contribution is -1.87. The highest BCUT2D eigenvalue weighted by atomic mass is 127. The third-order valence-corrected chi connectivity index (χ3v) is 4.12. The largest absolute Gasteiger partial charge is 0.199 e. The third-order valence-electron chi connectivity index (χ3n) is 2.08. The van der Waals surface area contributed by atoms with E-state index in [4.69, 9.17) is 0 Å². The molecule has 0 spiro atoms. The molecule has 0 saturated carbocycles. The van der Waals surface area contributed by atoms with Gasteiger partial charge in [-0.25, -0.2) is 0 Å². The van der Waals surface area contributed by atoms with Crippen LogP contribution >= 0.6 is 48.8 Å². The molecular weight excluding hydrogens is 396 g/mol.